The van der Waals surface area contributed by atoms with Gasteiger partial charge in [-0.15, -0.1) is 11.3 Å². The number of esters is 4. The molecule has 1 aromatic heterocycles. The third kappa shape index (κ3) is 8.34. The first kappa shape index (κ1) is 32.0. The number of anilines is 1. The second-order valence-corrected chi connectivity index (χ2v) is 11.6. The number of carbonyl (C=O) groups excluding carboxylic acids is 4. The fraction of sp³-hybridized carbons (Fsp3) is 0.355. The summed E-state index contributed by atoms with van der Waals surface area (Å²) < 4.78 is 28.1. The van der Waals surface area contributed by atoms with Gasteiger partial charge in [0.25, 0.3) is 0 Å². The van der Waals surface area contributed by atoms with E-state index in [-0.39, 0.29) is 6.61 Å². The van der Waals surface area contributed by atoms with Gasteiger partial charge in [-0.25, -0.2) is 0 Å². The van der Waals surface area contributed by atoms with Crippen molar-refractivity contribution >= 4 is 52.5 Å². The van der Waals surface area contributed by atoms with E-state index >= 15 is 0 Å². The molecule has 1 aliphatic rings. The van der Waals surface area contributed by atoms with Crippen LogP contribution in [0.2, 0.25) is 5.02 Å². The highest BCUT2D eigenvalue weighted by atomic mass is 35.5. The van der Waals surface area contributed by atoms with Gasteiger partial charge in [-0.2, -0.15) is 0 Å². The Balaban J connectivity index is 1.70. The van der Waals surface area contributed by atoms with Crippen molar-refractivity contribution in [3.8, 4) is 10.4 Å². The van der Waals surface area contributed by atoms with Crippen LogP contribution in [0.3, 0.4) is 0 Å². The number of ether oxygens (including phenoxy) is 5. The first-order valence-electron chi connectivity index (χ1n) is 13.4. The van der Waals surface area contributed by atoms with Crippen LogP contribution in [-0.2, 0) is 49.3 Å². The molecule has 5 atom stereocenters. The van der Waals surface area contributed by atoms with E-state index in [1.165, 1.54) is 27.7 Å². The fourth-order valence-corrected chi connectivity index (χ4v) is 6.09. The van der Waals surface area contributed by atoms with E-state index in [1.54, 1.807) is 23.5 Å². The van der Waals surface area contributed by atoms with E-state index < -0.39 is 54.4 Å². The van der Waals surface area contributed by atoms with Gasteiger partial charge in [0.05, 0.1) is 0 Å². The van der Waals surface area contributed by atoms with Crippen molar-refractivity contribution in [1.29, 1.82) is 0 Å². The lowest BCUT2D eigenvalue weighted by molar-refractivity contribution is -0.254. The Morgan fingerprint density at radius 3 is 2.07 bits per heavy atom. The SMILES string of the molecule is CC(=O)OC[C@H]1O[C@@H](c2ccc(Cl)c(Cc3ccc(-c4ccc(N)cc4)s3)c2)[C@H](OC(C)=O)[C@@H](OC(C)=O)[C@@H]1OC(C)=O. The van der Waals surface area contributed by atoms with E-state index in [1.807, 2.05) is 42.5 Å². The van der Waals surface area contributed by atoms with E-state index in [0.717, 1.165) is 20.9 Å². The van der Waals surface area contributed by atoms with Crippen LogP contribution >= 0.6 is 22.9 Å². The molecule has 1 aliphatic heterocycles. The van der Waals surface area contributed by atoms with Crippen molar-refractivity contribution in [3.05, 3.63) is 75.6 Å². The van der Waals surface area contributed by atoms with Crippen LogP contribution in [-0.4, -0.2) is 54.9 Å². The van der Waals surface area contributed by atoms with Gasteiger partial charge in [-0.05, 0) is 47.0 Å². The highest BCUT2D eigenvalue weighted by molar-refractivity contribution is 7.15. The molecular formula is C31H32ClNO9S. The molecule has 43 heavy (non-hydrogen) atoms. The smallest absolute Gasteiger partial charge is 0.303 e. The normalized spacial score (nSPS) is 21.5. The van der Waals surface area contributed by atoms with Crippen LogP contribution in [0.1, 0.15) is 49.8 Å². The molecule has 2 heterocycles. The molecule has 228 valence electrons. The zero-order chi connectivity index (χ0) is 31.3. The predicted molar refractivity (Wildman–Crippen MR) is 159 cm³/mol. The molecule has 3 aromatic rings. The topological polar surface area (TPSA) is 140 Å². The van der Waals surface area contributed by atoms with Crippen molar-refractivity contribution in [2.24, 2.45) is 0 Å². The largest absolute Gasteiger partial charge is 0.463 e. The van der Waals surface area contributed by atoms with E-state index in [4.69, 9.17) is 41.0 Å². The molecular weight excluding hydrogens is 598 g/mol. The Hall–Kier alpha value is -3.93. The number of rotatable bonds is 9. The molecule has 0 radical (unpaired) electrons. The number of thiophene rings is 1. The number of carbonyl (C=O) groups is 4. The van der Waals surface area contributed by atoms with Crippen LogP contribution < -0.4 is 5.73 Å². The molecule has 12 heteroatoms. The maximum Gasteiger partial charge on any atom is 0.303 e. The lowest BCUT2D eigenvalue weighted by Gasteiger charge is -2.44. The average molecular weight is 630 g/mol. The van der Waals surface area contributed by atoms with Crippen LogP contribution in [0.25, 0.3) is 10.4 Å². The molecule has 0 amide bonds. The Kier molecular flexibility index (Phi) is 10.4. The Bertz CT molecular complexity index is 1490. The Morgan fingerprint density at radius 1 is 0.814 bits per heavy atom. The first-order chi connectivity index (χ1) is 20.4. The number of nitrogen functional groups attached to an aromatic ring is 1. The van der Waals surface area contributed by atoms with Gasteiger partial charge in [0, 0.05) is 54.6 Å². The highest BCUT2D eigenvalue weighted by Crippen LogP contribution is 2.39. The third-order valence-electron chi connectivity index (χ3n) is 6.61. The molecule has 1 saturated heterocycles. The van der Waals surface area contributed by atoms with Gasteiger partial charge < -0.3 is 29.4 Å². The molecule has 4 rings (SSSR count). The summed E-state index contributed by atoms with van der Waals surface area (Å²) in [5.74, 6) is -2.64. The molecule has 2 aromatic carbocycles. The van der Waals surface area contributed by atoms with Crippen molar-refractivity contribution < 1.29 is 42.9 Å². The van der Waals surface area contributed by atoms with Gasteiger partial charge in [-0.3, -0.25) is 19.2 Å². The molecule has 2 N–H and O–H groups in total. The number of benzene rings is 2. The van der Waals surface area contributed by atoms with Crippen LogP contribution in [0.5, 0.6) is 0 Å². The van der Waals surface area contributed by atoms with Crippen LogP contribution in [0.15, 0.2) is 54.6 Å². The van der Waals surface area contributed by atoms with Crippen molar-refractivity contribution in [1.82, 2.24) is 0 Å². The molecule has 10 nitrogen and oxygen atoms in total. The van der Waals surface area contributed by atoms with Gasteiger partial charge in [0.1, 0.15) is 18.8 Å². The summed E-state index contributed by atoms with van der Waals surface area (Å²) in [5, 5.41) is 0.511. The van der Waals surface area contributed by atoms with Gasteiger partial charge in [0.2, 0.25) is 0 Å². The Morgan fingerprint density at radius 2 is 1.44 bits per heavy atom. The fourth-order valence-electron chi connectivity index (χ4n) is 4.87. The predicted octanol–water partition coefficient (Wildman–Crippen LogP) is 5.04. The quantitative estimate of drug-likeness (QED) is 0.194. The number of nitrogens with two attached hydrogens (primary N) is 1. The van der Waals surface area contributed by atoms with E-state index in [2.05, 4.69) is 0 Å². The summed E-state index contributed by atoms with van der Waals surface area (Å²) in [4.78, 5) is 50.2. The number of halogens is 1. The summed E-state index contributed by atoms with van der Waals surface area (Å²) in [7, 11) is 0. The van der Waals surface area contributed by atoms with E-state index in [9.17, 15) is 19.2 Å². The van der Waals surface area contributed by atoms with Crippen molar-refractivity contribution in [3.63, 3.8) is 0 Å². The minimum absolute atomic E-state index is 0.308. The highest BCUT2D eigenvalue weighted by Gasteiger charge is 2.52. The molecule has 0 spiro atoms. The summed E-state index contributed by atoms with van der Waals surface area (Å²) in [6, 6.07) is 16.9. The lowest BCUT2D eigenvalue weighted by atomic mass is 9.89. The van der Waals surface area contributed by atoms with Gasteiger partial charge >= 0.3 is 23.9 Å². The Labute approximate surface area is 258 Å². The number of hydrogen-bond donors (Lipinski definition) is 1. The van der Waals surface area contributed by atoms with Crippen molar-refractivity contribution in [2.45, 2.75) is 64.6 Å². The summed E-state index contributed by atoms with van der Waals surface area (Å²) in [5.41, 5.74) is 8.89. The molecule has 0 unspecified atom stereocenters. The maximum atomic E-state index is 12.2. The molecule has 1 fully saturated rings. The maximum absolute atomic E-state index is 12.2. The lowest BCUT2D eigenvalue weighted by Crippen LogP contribution is -2.59. The molecule has 0 saturated carbocycles. The minimum atomic E-state index is -1.26. The third-order valence-corrected chi connectivity index (χ3v) is 8.11. The van der Waals surface area contributed by atoms with Crippen molar-refractivity contribution in [2.75, 3.05) is 12.3 Å². The monoisotopic (exact) mass is 629 g/mol. The second-order valence-electron chi connectivity index (χ2n) is 10.0. The van der Waals surface area contributed by atoms with E-state index in [0.29, 0.717) is 22.7 Å². The second kappa shape index (κ2) is 14.0. The average Bonchev–Trinajstić information content (AvgIpc) is 3.39. The molecule has 0 aliphatic carbocycles. The van der Waals surface area contributed by atoms with Crippen LogP contribution in [0.4, 0.5) is 5.69 Å². The first-order valence-corrected chi connectivity index (χ1v) is 14.6. The van der Waals surface area contributed by atoms with Gasteiger partial charge in [-0.1, -0.05) is 35.9 Å². The summed E-state index contributed by atoms with van der Waals surface area (Å²) >= 11 is 8.23. The zero-order valence-corrected chi connectivity index (χ0v) is 25.6. The van der Waals surface area contributed by atoms with Crippen LogP contribution in [0, 0.1) is 0 Å². The summed E-state index contributed by atoms with van der Waals surface area (Å²) in [6.45, 7) is 4.48. The zero-order valence-electron chi connectivity index (χ0n) is 24.0. The number of hydrogen-bond acceptors (Lipinski definition) is 11. The molecule has 0 bridgehead atoms. The van der Waals surface area contributed by atoms with Gasteiger partial charge in [0.15, 0.2) is 18.3 Å². The summed E-state index contributed by atoms with van der Waals surface area (Å²) in [6.07, 6.45) is -5.24. The standard InChI is InChI=1S/C31H32ClNO9S/c1-16(34)38-15-26-29(39-17(2)35)31(41-19(4)37)30(40-18(3)36)28(42-26)21-7-11-25(32)22(13-21)14-24-10-12-27(43-24)20-5-8-23(33)9-6-20/h5-13,26,28-31H,14-15,33H2,1-4H3/t26-,28+,29-,30+,31+/m1/s1. The minimum Gasteiger partial charge on any atom is -0.463 e.